The summed E-state index contributed by atoms with van der Waals surface area (Å²) in [5.74, 6) is -1.01. The van der Waals surface area contributed by atoms with Crippen molar-refractivity contribution >= 4 is 17.9 Å². The Kier molecular flexibility index (Phi) is 47.0. The topological polar surface area (TPSA) is 78.9 Å². The van der Waals surface area contributed by atoms with Gasteiger partial charge in [-0.15, -0.1) is 0 Å². The maximum Gasteiger partial charge on any atom is 0.306 e. The Balaban J connectivity index is 4.51. The van der Waals surface area contributed by atoms with E-state index in [2.05, 4.69) is 106 Å². The van der Waals surface area contributed by atoms with Crippen LogP contribution in [0.2, 0.25) is 0 Å². The second-order valence-corrected chi connectivity index (χ2v) is 16.3. The summed E-state index contributed by atoms with van der Waals surface area (Å²) in [6, 6.07) is 0. The third-order valence-electron chi connectivity index (χ3n) is 10.3. The zero-order chi connectivity index (χ0) is 45.1. The van der Waals surface area contributed by atoms with Gasteiger partial charge in [0.2, 0.25) is 0 Å². The first-order chi connectivity index (χ1) is 30.5. The van der Waals surface area contributed by atoms with E-state index in [9.17, 15) is 14.4 Å². The van der Waals surface area contributed by atoms with E-state index in [1.807, 2.05) is 12.2 Å². The van der Waals surface area contributed by atoms with Gasteiger partial charge in [-0.05, 0) is 83.5 Å². The minimum atomic E-state index is -0.813. The number of allylic oxidation sites excluding steroid dienone is 16. The van der Waals surface area contributed by atoms with Gasteiger partial charge >= 0.3 is 17.9 Å². The fourth-order valence-electron chi connectivity index (χ4n) is 6.56. The number of unbranched alkanes of at least 4 members (excludes halogenated alkanes) is 17. The van der Waals surface area contributed by atoms with Gasteiger partial charge in [-0.2, -0.15) is 0 Å². The molecular weight excluding hydrogens is 769 g/mol. The molecule has 0 aromatic heterocycles. The molecule has 352 valence electrons. The highest BCUT2D eigenvalue weighted by molar-refractivity contribution is 5.71. The maximum atomic E-state index is 12.8. The highest BCUT2D eigenvalue weighted by atomic mass is 16.6. The van der Waals surface area contributed by atoms with Gasteiger partial charge in [0, 0.05) is 19.3 Å². The Hall–Kier alpha value is -3.67. The van der Waals surface area contributed by atoms with Crippen LogP contribution in [0.1, 0.15) is 220 Å². The third kappa shape index (κ3) is 47.4. The van der Waals surface area contributed by atoms with Gasteiger partial charge in [-0.3, -0.25) is 14.4 Å². The monoisotopic (exact) mass is 861 g/mol. The van der Waals surface area contributed by atoms with Crippen LogP contribution < -0.4 is 0 Å². The minimum absolute atomic E-state index is 0.106. The van der Waals surface area contributed by atoms with Gasteiger partial charge in [0.05, 0.1) is 0 Å². The van der Waals surface area contributed by atoms with E-state index in [1.165, 1.54) is 64.2 Å². The zero-order valence-corrected chi connectivity index (χ0v) is 40.1. The average molecular weight is 861 g/mol. The first-order valence-corrected chi connectivity index (χ1v) is 25.2. The van der Waals surface area contributed by atoms with Crippen LogP contribution in [0.3, 0.4) is 0 Å². The van der Waals surface area contributed by atoms with Crippen LogP contribution in [0.25, 0.3) is 0 Å². The minimum Gasteiger partial charge on any atom is -0.462 e. The fourth-order valence-corrected chi connectivity index (χ4v) is 6.56. The third-order valence-corrected chi connectivity index (χ3v) is 10.3. The van der Waals surface area contributed by atoms with Crippen molar-refractivity contribution in [3.63, 3.8) is 0 Å². The second-order valence-electron chi connectivity index (χ2n) is 16.3. The standard InChI is InChI=1S/C56H92O6/c1-4-7-10-13-16-19-22-25-26-27-28-29-30-32-34-37-40-43-46-49-55(58)61-52-53(51-60-54(57)48-45-42-39-36-33-24-21-18-15-12-9-6-3)62-56(59)50-47-44-41-38-35-31-23-20-17-14-11-8-5-2/h7,10-11,14,16,19-20,23,25-26,28-29,32,34,40,43,53H,4-6,8-9,12-13,15,17-18,21-22,24,27,30-31,33,35-39,41-42,44-52H2,1-3H3/b10-7-,14-11-,19-16-,23-20-,26-25-,29-28-,34-32-,43-40-. The van der Waals surface area contributed by atoms with Gasteiger partial charge in [0.15, 0.2) is 6.10 Å². The number of esters is 3. The van der Waals surface area contributed by atoms with Crippen LogP contribution in [0.4, 0.5) is 0 Å². The number of carbonyl (C=O) groups excluding carboxylic acids is 3. The van der Waals surface area contributed by atoms with Crippen molar-refractivity contribution in [2.24, 2.45) is 0 Å². The van der Waals surface area contributed by atoms with E-state index in [0.29, 0.717) is 19.3 Å². The molecule has 0 aliphatic heterocycles. The Morgan fingerprint density at radius 1 is 0.339 bits per heavy atom. The summed E-state index contributed by atoms with van der Waals surface area (Å²) in [7, 11) is 0. The zero-order valence-electron chi connectivity index (χ0n) is 40.1. The van der Waals surface area contributed by atoms with E-state index >= 15 is 0 Å². The van der Waals surface area contributed by atoms with Crippen molar-refractivity contribution < 1.29 is 28.6 Å². The maximum absolute atomic E-state index is 12.8. The number of ether oxygens (including phenoxy) is 3. The smallest absolute Gasteiger partial charge is 0.306 e. The average Bonchev–Trinajstić information content (AvgIpc) is 3.27. The molecule has 0 bridgehead atoms. The number of carbonyl (C=O) groups is 3. The van der Waals surface area contributed by atoms with E-state index in [0.717, 1.165) is 109 Å². The van der Waals surface area contributed by atoms with E-state index < -0.39 is 6.10 Å². The molecule has 1 unspecified atom stereocenters. The molecule has 0 radical (unpaired) electrons. The molecule has 1 atom stereocenters. The summed E-state index contributed by atoms with van der Waals surface area (Å²) in [5, 5.41) is 0. The molecule has 0 saturated heterocycles. The highest BCUT2D eigenvalue weighted by Crippen LogP contribution is 2.14. The Bertz CT molecular complexity index is 1260. The van der Waals surface area contributed by atoms with Crippen molar-refractivity contribution in [3.05, 3.63) is 97.2 Å². The lowest BCUT2D eigenvalue weighted by molar-refractivity contribution is -0.166. The number of hydrogen-bond donors (Lipinski definition) is 0. The number of hydrogen-bond acceptors (Lipinski definition) is 6. The van der Waals surface area contributed by atoms with Crippen LogP contribution in [0.5, 0.6) is 0 Å². The second kappa shape index (κ2) is 50.0. The predicted molar refractivity (Wildman–Crippen MR) is 265 cm³/mol. The normalized spacial score (nSPS) is 12.9. The Morgan fingerprint density at radius 2 is 0.694 bits per heavy atom. The van der Waals surface area contributed by atoms with Crippen molar-refractivity contribution in [1.29, 1.82) is 0 Å². The summed E-state index contributed by atoms with van der Waals surface area (Å²) in [4.78, 5) is 37.9. The molecule has 0 rings (SSSR count). The quantitative estimate of drug-likeness (QED) is 0.0263. The summed E-state index contributed by atoms with van der Waals surface area (Å²) < 4.78 is 16.7. The lowest BCUT2D eigenvalue weighted by Crippen LogP contribution is -2.30. The lowest BCUT2D eigenvalue weighted by atomic mass is 10.0. The van der Waals surface area contributed by atoms with Crippen molar-refractivity contribution in [2.75, 3.05) is 13.2 Å². The molecule has 0 N–H and O–H groups in total. The van der Waals surface area contributed by atoms with Crippen LogP contribution in [0, 0.1) is 0 Å². The van der Waals surface area contributed by atoms with Gasteiger partial charge in [0.1, 0.15) is 13.2 Å². The molecule has 6 heteroatoms. The number of rotatable bonds is 44. The molecule has 0 saturated carbocycles. The van der Waals surface area contributed by atoms with Gasteiger partial charge < -0.3 is 14.2 Å². The van der Waals surface area contributed by atoms with Gasteiger partial charge in [-0.25, -0.2) is 0 Å². The lowest BCUT2D eigenvalue weighted by Gasteiger charge is -2.18. The van der Waals surface area contributed by atoms with Crippen LogP contribution in [0.15, 0.2) is 97.2 Å². The molecule has 0 amide bonds. The highest BCUT2D eigenvalue weighted by Gasteiger charge is 2.19. The SMILES string of the molecule is CC/C=C\C/C=C\C/C=C\C/C=C\C/C=C\C/C=C\CCC(=O)OCC(COC(=O)CCCCCCCCCCCCCC)OC(=O)CCCCCCC/C=C\C/C=C\CCC. The molecule has 6 nitrogen and oxygen atoms in total. The summed E-state index contributed by atoms with van der Waals surface area (Å²) >= 11 is 0. The van der Waals surface area contributed by atoms with Crippen LogP contribution in [-0.4, -0.2) is 37.2 Å². The molecule has 62 heavy (non-hydrogen) atoms. The largest absolute Gasteiger partial charge is 0.462 e. The fraction of sp³-hybridized carbons (Fsp3) is 0.661. The first kappa shape index (κ1) is 58.3. The van der Waals surface area contributed by atoms with Crippen LogP contribution in [-0.2, 0) is 28.6 Å². The predicted octanol–water partition coefficient (Wildman–Crippen LogP) is 16.6. The summed E-state index contributed by atoms with van der Waals surface area (Å²) in [6.45, 7) is 6.37. The first-order valence-electron chi connectivity index (χ1n) is 25.2. The van der Waals surface area contributed by atoms with Gasteiger partial charge in [0.25, 0.3) is 0 Å². The van der Waals surface area contributed by atoms with Gasteiger partial charge in [-0.1, -0.05) is 214 Å². The summed E-state index contributed by atoms with van der Waals surface area (Å²) in [5.41, 5.74) is 0. The van der Waals surface area contributed by atoms with E-state index in [-0.39, 0.29) is 37.5 Å². The Labute approximate surface area is 381 Å². The molecule has 0 aromatic rings. The molecular formula is C56H92O6. The van der Waals surface area contributed by atoms with E-state index in [1.54, 1.807) is 0 Å². The van der Waals surface area contributed by atoms with Crippen molar-refractivity contribution in [1.82, 2.24) is 0 Å². The Morgan fingerprint density at radius 3 is 1.15 bits per heavy atom. The molecule has 0 aliphatic rings. The molecule has 0 aliphatic carbocycles. The van der Waals surface area contributed by atoms with E-state index in [4.69, 9.17) is 14.2 Å². The van der Waals surface area contributed by atoms with Crippen LogP contribution >= 0.6 is 0 Å². The van der Waals surface area contributed by atoms with Crippen molar-refractivity contribution in [2.45, 2.75) is 226 Å². The molecule has 0 spiro atoms. The molecule has 0 fully saturated rings. The molecule has 0 heterocycles. The molecule has 0 aromatic carbocycles. The summed E-state index contributed by atoms with van der Waals surface area (Å²) in [6.07, 6.45) is 65.4. The van der Waals surface area contributed by atoms with Crippen molar-refractivity contribution in [3.8, 4) is 0 Å².